The molecule has 0 amide bonds. The van der Waals surface area contributed by atoms with Crippen molar-refractivity contribution in [2.45, 2.75) is 37.8 Å². The number of nitrogens with zero attached hydrogens (tertiary/aromatic N) is 1. The van der Waals surface area contributed by atoms with Crippen molar-refractivity contribution in [3.8, 4) is 11.5 Å². The Morgan fingerprint density at radius 1 is 1.21 bits per heavy atom. The summed E-state index contributed by atoms with van der Waals surface area (Å²) in [6, 6.07) is 4.51. The molecule has 0 bridgehead atoms. The first kappa shape index (κ1) is 15.6. The van der Waals surface area contributed by atoms with Crippen LogP contribution < -0.4 is 9.47 Å². The summed E-state index contributed by atoms with van der Waals surface area (Å²) in [5, 5.41) is 0. The van der Waals surface area contributed by atoms with E-state index in [1.807, 2.05) is 6.07 Å². The highest BCUT2D eigenvalue weighted by molar-refractivity contribution is 5.64. The third-order valence-corrected chi connectivity index (χ3v) is 6.09. The maximum absolute atomic E-state index is 6.48. The molecule has 4 nitrogen and oxygen atoms in total. The number of hydrogen-bond donors (Lipinski definition) is 0. The molecule has 1 spiro atoms. The Morgan fingerprint density at radius 2 is 2.00 bits per heavy atom. The lowest BCUT2D eigenvalue weighted by Gasteiger charge is -2.48. The summed E-state index contributed by atoms with van der Waals surface area (Å²) in [4.78, 5) is 2.41. The van der Waals surface area contributed by atoms with Gasteiger partial charge in [0.05, 0.1) is 19.6 Å². The molecule has 1 unspecified atom stereocenters. The molecule has 0 N–H and O–H groups in total. The molecule has 0 radical (unpaired) electrons. The predicted molar refractivity (Wildman–Crippen MR) is 93.7 cm³/mol. The van der Waals surface area contributed by atoms with Crippen LogP contribution in [-0.4, -0.2) is 44.9 Å². The minimum absolute atomic E-state index is 0.108. The van der Waals surface area contributed by atoms with E-state index in [4.69, 9.17) is 14.2 Å². The summed E-state index contributed by atoms with van der Waals surface area (Å²) in [6.45, 7) is 5.48. The van der Waals surface area contributed by atoms with Gasteiger partial charge in [0.15, 0.2) is 17.6 Å². The van der Waals surface area contributed by atoms with Crippen molar-refractivity contribution in [2.75, 3.05) is 27.8 Å². The number of benzene rings is 1. The Balaban J connectivity index is 2.00. The molecule has 2 heterocycles. The smallest absolute Gasteiger partial charge is 0.169 e. The fourth-order valence-electron chi connectivity index (χ4n) is 4.72. The van der Waals surface area contributed by atoms with Gasteiger partial charge in [-0.25, -0.2) is 0 Å². The predicted octanol–water partition coefficient (Wildman–Crippen LogP) is 3.20. The van der Waals surface area contributed by atoms with Gasteiger partial charge in [0.25, 0.3) is 0 Å². The number of methoxy groups -OCH3 is 2. The number of allylic oxidation sites excluding steroid dienone is 2. The van der Waals surface area contributed by atoms with Gasteiger partial charge in [-0.1, -0.05) is 12.1 Å². The van der Waals surface area contributed by atoms with Crippen LogP contribution in [0, 0.1) is 6.92 Å². The van der Waals surface area contributed by atoms with Gasteiger partial charge in [-0.05, 0) is 57.1 Å². The molecule has 0 saturated carbocycles. The Morgan fingerprint density at radius 3 is 2.71 bits per heavy atom. The average Bonchev–Trinajstić information content (AvgIpc) is 2.94. The van der Waals surface area contributed by atoms with Gasteiger partial charge in [-0.3, -0.25) is 4.90 Å². The van der Waals surface area contributed by atoms with E-state index >= 15 is 0 Å². The van der Waals surface area contributed by atoms with E-state index in [0.29, 0.717) is 6.04 Å². The topological polar surface area (TPSA) is 30.9 Å². The summed E-state index contributed by atoms with van der Waals surface area (Å²) < 4.78 is 17.8. The summed E-state index contributed by atoms with van der Waals surface area (Å²) in [6.07, 6.45) is 5.23. The summed E-state index contributed by atoms with van der Waals surface area (Å²) >= 11 is 0. The molecule has 3 atom stereocenters. The lowest BCUT2D eigenvalue weighted by atomic mass is 9.61. The van der Waals surface area contributed by atoms with Gasteiger partial charge < -0.3 is 14.2 Å². The van der Waals surface area contributed by atoms with Crippen LogP contribution >= 0.6 is 0 Å². The molecular weight excluding hydrogens is 302 g/mol. The van der Waals surface area contributed by atoms with Gasteiger partial charge in [-0.2, -0.15) is 0 Å². The molecule has 1 fully saturated rings. The Bertz CT molecular complexity index is 751. The third kappa shape index (κ3) is 1.78. The highest BCUT2D eigenvalue weighted by atomic mass is 16.6. The van der Waals surface area contributed by atoms with E-state index in [1.54, 1.807) is 14.2 Å². The molecule has 1 saturated heterocycles. The largest absolute Gasteiger partial charge is 0.497 e. The van der Waals surface area contributed by atoms with Crippen LogP contribution in [0.2, 0.25) is 0 Å². The van der Waals surface area contributed by atoms with Crippen LogP contribution in [0.5, 0.6) is 11.5 Å². The van der Waals surface area contributed by atoms with E-state index in [9.17, 15) is 0 Å². The molecule has 24 heavy (non-hydrogen) atoms. The highest BCUT2D eigenvalue weighted by Gasteiger charge is 2.58. The molecular formula is C20H25NO3. The Labute approximate surface area is 143 Å². The number of hydrogen-bond acceptors (Lipinski definition) is 4. The molecule has 0 aromatic heterocycles. The molecule has 1 aliphatic carbocycles. The monoisotopic (exact) mass is 327 g/mol. The molecule has 3 aliphatic rings. The molecule has 1 aromatic carbocycles. The lowest BCUT2D eigenvalue weighted by molar-refractivity contribution is 0.0807. The summed E-state index contributed by atoms with van der Waals surface area (Å²) in [7, 11) is 5.63. The lowest BCUT2D eigenvalue weighted by Crippen LogP contribution is -2.54. The highest BCUT2D eigenvalue weighted by Crippen LogP contribution is 2.59. The van der Waals surface area contributed by atoms with Crippen molar-refractivity contribution < 1.29 is 14.2 Å². The molecule has 1 aromatic rings. The van der Waals surface area contributed by atoms with Gasteiger partial charge in [0, 0.05) is 11.6 Å². The van der Waals surface area contributed by atoms with Crippen molar-refractivity contribution >= 4 is 0 Å². The van der Waals surface area contributed by atoms with E-state index in [2.05, 4.69) is 44.0 Å². The molecule has 4 rings (SSSR count). The van der Waals surface area contributed by atoms with Gasteiger partial charge in [-0.15, -0.1) is 0 Å². The summed E-state index contributed by atoms with van der Waals surface area (Å²) in [5.41, 5.74) is 3.80. The first-order valence-corrected chi connectivity index (χ1v) is 8.55. The Hall–Kier alpha value is -1.94. The van der Waals surface area contributed by atoms with Crippen LogP contribution in [0.3, 0.4) is 0 Å². The van der Waals surface area contributed by atoms with E-state index < -0.39 is 0 Å². The number of aryl methyl sites for hydroxylation is 1. The SMILES string of the molecule is COC1=CC=C2[C@@H](C)N(C)CC[C@@]23c2c(C)ccc(OC)c2OC13. The van der Waals surface area contributed by atoms with Crippen molar-refractivity contribution in [3.63, 3.8) is 0 Å². The first-order chi connectivity index (χ1) is 11.5. The zero-order valence-electron chi connectivity index (χ0n) is 15.1. The maximum Gasteiger partial charge on any atom is 0.169 e. The molecule has 4 heteroatoms. The number of rotatable bonds is 2. The normalized spacial score (nSPS) is 31.2. The van der Waals surface area contributed by atoms with Gasteiger partial charge >= 0.3 is 0 Å². The average molecular weight is 327 g/mol. The number of ether oxygens (including phenoxy) is 3. The Kier molecular flexibility index (Phi) is 3.43. The second kappa shape index (κ2) is 5.28. The van der Waals surface area contributed by atoms with Crippen LogP contribution in [0.1, 0.15) is 24.5 Å². The van der Waals surface area contributed by atoms with Crippen LogP contribution in [0.15, 0.2) is 35.6 Å². The summed E-state index contributed by atoms with van der Waals surface area (Å²) in [5.74, 6) is 2.59. The molecule has 128 valence electrons. The second-order valence-electron chi connectivity index (χ2n) is 7.06. The van der Waals surface area contributed by atoms with Crippen molar-refractivity contribution in [1.29, 1.82) is 0 Å². The fraction of sp³-hybridized carbons (Fsp3) is 0.500. The van der Waals surface area contributed by atoms with Gasteiger partial charge in [0.2, 0.25) is 0 Å². The number of likely N-dealkylation sites (N-methyl/N-ethyl adjacent to an activating group) is 1. The van der Waals surface area contributed by atoms with Crippen LogP contribution in [0.4, 0.5) is 0 Å². The number of fused-ring (bicyclic) bond motifs is 1. The zero-order valence-corrected chi connectivity index (χ0v) is 15.1. The fourth-order valence-corrected chi connectivity index (χ4v) is 4.72. The number of likely N-dealkylation sites (tertiary alicyclic amines) is 1. The molecule has 2 aliphatic heterocycles. The minimum atomic E-state index is -0.153. The number of piperidine rings is 1. The van der Waals surface area contributed by atoms with Crippen molar-refractivity contribution in [3.05, 3.63) is 46.7 Å². The minimum Gasteiger partial charge on any atom is -0.497 e. The maximum atomic E-state index is 6.48. The van der Waals surface area contributed by atoms with Crippen LogP contribution in [0.25, 0.3) is 0 Å². The van der Waals surface area contributed by atoms with E-state index in [0.717, 1.165) is 30.2 Å². The van der Waals surface area contributed by atoms with Crippen molar-refractivity contribution in [2.24, 2.45) is 0 Å². The van der Waals surface area contributed by atoms with Crippen LogP contribution in [-0.2, 0) is 10.2 Å². The second-order valence-corrected chi connectivity index (χ2v) is 7.06. The third-order valence-electron chi connectivity index (χ3n) is 6.09. The van der Waals surface area contributed by atoms with Crippen molar-refractivity contribution in [1.82, 2.24) is 4.90 Å². The van der Waals surface area contributed by atoms with Gasteiger partial charge in [0.1, 0.15) is 5.76 Å². The first-order valence-electron chi connectivity index (χ1n) is 8.55. The van der Waals surface area contributed by atoms with E-state index in [-0.39, 0.29) is 11.5 Å². The van der Waals surface area contributed by atoms with E-state index in [1.165, 1.54) is 16.7 Å². The zero-order chi connectivity index (χ0) is 17.1. The quantitative estimate of drug-likeness (QED) is 0.835. The standard InChI is InChI=1S/C20H25NO3/c1-12-6-8-15(22-4)18-17(12)20-10-11-21(3)13(2)14(20)7-9-16(23-5)19(20)24-18/h6-9,13,19H,10-11H2,1-5H3/t13-,19?,20+/m1/s1.